The van der Waals surface area contributed by atoms with Gasteiger partial charge < -0.3 is 35.1 Å². The maximum absolute atomic E-state index is 14.2. The van der Waals surface area contributed by atoms with Gasteiger partial charge in [0.25, 0.3) is 0 Å². The number of aliphatic carboxylic acids is 2. The van der Waals surface area contributed by atoms with Crippen molar-refractivity contribution in [1.29, 1.82) is 0 Å². The highest BCUT2D eigenvalue weighted by molar-refractivity contribution is 6.20. The molecule has 53 heavy (non-hydrogen) atoms. The molecule has 1 aromatic heterocycles. The van der Waals surface area contributed by atoms with Gasteiger partial charge in [-0.25, -0.2) is 9.59 Å². The van der Waals surface area contributed by atoms with Gasteiger partial charge in [-0.15, -0.1) is 0 Å². The number of carboxylic acids is 2. The van der Waals surface area contributed by atoms with E-state index in [0.717, 1.165) is 93.7 Å². The summed E-state index contributed by atoms with van der Waals surface area (Å²) in [6.45, 7) is 9.22. The minimum atomic E-state index is -1.43. The number of piperazine rings is 1. The van der Waals surface area contributed by atoms with Gasteiger partial charge in [-0.2, -0.15) is 9.97 Å². The van der Waals surface area contributed by atoms with Gasteiger partial charge >= 0.3 is 11.9 Å². The summed E-state index contributed by atoms with van der Waals surface area (Å²) in [6, 6.07) is 5.39. The molecular formula is C40H52N6O7. The first-order valence-corrected chi connectivity index (χ1v) is 19.6. The second kappa shape index (κ2) is 13.9. The summed E-state index contributed by atoms with van der Waals surface area (Å²) < 4.78 is 0. The number of rotatable bonds is 9. The van der Waals surface area contributed by atoms with Crippen LogP contribution in [-0.2, 0) is 20.8 Å². The van der Waals surface area contributed by atoms with E-state index >= 15 is 0 Å². The molecule has 284 valence electrons. The standard InChI is InChI=1S/C40H52N6O7/c1-39-10-8-26-27(7-6-25-20-32(47)29(21-28(25)26)30(37(51)52)22-36(49)50)31(39)9-11-40(39,53)33(48)24-43-16-18-45(19-17-43)35-23-34(44-12-2-3-13-44)41-38(42-35)46-14-4-5-15-46/h20-23,26-27,31,47,53H,2-19,24H2,1H3,(H,49,50)(H,51,52)/t26-,27+,31-,39-,40-/m0/s1. The van der Waals surface area contributed by atoms with Gasteiger partial charge in [0, 0.05) is 75.5 Å². The highest BCUT2D eigenvalue weighted by Gasteiger charge is 2.64. The molecule has 13 nitrogen and oxygen atoms in total. The number of aromatic nitrogens is 2. The van der Waals surface area contributed by atoms with Crippen molar-refractivity contribution in [2.24, 2.45) is 17.3 Å². The summed E-state index contributed by atoms with van der Waals surface area (Å²) in [5.41, 5.74) is -0.581. The topological polar surface area (TPSA) is 171 Å². The fourth-order valence-electron chi connectivity index (χ4n) is 10.9. The Balaban J connectivity index is 0.949. The summed E-state index contributed by atoms with van der Waals surface area (Å²) in [7, 11) is 0. The molecule has 6 aliphatic rings. The van der Waals surface area contributed by atoms with Gasteiger partial charge in [0.1, 0.15) is 23.0 Å². The maximum Gasteiger partial charge on any atom is 0.336 e. The van der Waals surface area contributed by atoms with Gasteiger partial charge in [0.2, 0.25) is 5.95 Å². The van der Waals surface area contributed by atoms with E-state index in [4.69, 9.17) is 9.97 Å². The molecule has 0 amide bonds. The van der Waals surface area contributed by atoms with Crippen LogP contribution in [-0.4, -0.2) is 118 Å². The number of anilines is 3. The monoisotopic (exact) mass is 728 g/mol. The van der Waals surface area contributed by atoms with Gasteiger partial charge in [-0.1, -0.05) is 6.92 Å². The van der Waals surface area contributed by atoms with E-state index in [1.54, 1.807) is 12.1 Å². The lowest BCUT2D eigenvalue weighted by Crippen LogP contribution is -2.58. The molecule has 4 heterocycles. The van der Waals surface area contributed by atoms with Crippen LogP contribution in [0.2, 0.25) is 0 Å². The molecule has 5 fully saturated rings. The number of phenolic OH excluding ortho intramolecular Hbond substituents is 1. The first kappa shape index (κ1) is 35.8. The Kier molecular flexibility index (Phi) is 9.37. The lowest BCUT2D eigenvalue weighted by atomic mass is 9.52. The quantitative estimate of drug-likeness (QED) is 0.274. The van der Waals surface area contributed by atoms with Crippen molar-refractivity contribution in [1.82, 2.24) is 14.9 Å². The van der Waals surface area contributed by atoms with E-state index < -0.39 is 28.5 Å². The number of nitrogens with zero attached hydrogens (tertiary/aromatic N) is 6. The predicted octanol–water partition coefficient (Wildman–Crippen LogP) is 3.91. The van der Waals surface area contributed by atoms with Crippen molar-refractivity contribution in [3.8, 4) is 5.75 Å². The molecule has 1 aromatic carbocycles. The number of hydrogen-bond acceptors (Lipinski definition) is 11. The Morgan fingerprint density at radius 1 is 0.830 bits per heavy atom. The molecule has 4 N–H and O–H groups in total. The Labute approximate surface area is 310 Å². The van der Waals surface area contributed by atoms with Gasteiger partial charge in [-0.3, -0.25) is 9.69 Å². The van der Waals surface area contributed by atoms with E-state index in [-0.39, 0.29) is 41.4 Å². The van der Waals surface area contributed by atoms with E-state index in [2.05, 4.69) is 32.6 Å². The summed E-state index contributed by atoms with van der Waals surface area (Å²) in [6.07, 6.45) is 9.37. The van der Waals surface area contributed by atoms with Crippen LogP contribution in [0.3, 0.4) is 0 Å². The van der Waals surface area contributed by atoms with Crippen LogP contribution in [0.15, 0.2) is 24.3 Å². The number of hydrogen-bond donors (Lipinski definition) is 4. The van der Waals surface area contributed by atoms with Crippen LogP contribution in [0, 0.1) is 17.3 Å². The first-order chi connectivity index (χ1) is 25.4. The molecule has 13 heteroatoms. The molecule has 8 rings (SSSR count). The molecular weight excluding hydrogens is 676 g/mol. The van der Waals surface area contributed by atoms with Crippen LogP contribution in [0.4, 0.5) is 17.6 Å². The number of ketones is 1. The first-order valence-electron chi connectivity index (χ1n) is 19.6. The highest BCUT2D eigenvalue weighted by Crippen LogP contribution is 2.64. The molecule has 5 atom stereocenters. The largest absolute Gasteiger partial charge is 0.507 e. The minimum absolute atomic E-state index is 0.00427. The number of Topliss-reactive ketones (excluding diaryl/α,β-unsaturated/α-hetero) is 1. The average molecular weight is 729 g/mol. The summed E-state index contributed by atoms with van der Waals surface area (Å²) in [4.78, 5) is 56.8. The van der Waals surface area contributed by atoms with E-state index in [1.165, 1.54) is 12.8 Å². The fourth-order valence-corrected chi connectivity index (χ4v) is 10.9. The second-order valence-electron chi connectivity index (χ2n) is 16.5. The zero-order valence-electron chi connectivity index (χ0n) is 30.7. The zero-order chi connectivity index (χ0) is 37.1. The fraction of sp³-hybridized carbons (Fsp3) is 0.625. The number of aryl methyl sites for hydroxylation is 1. The minimum Gasteiger partial charge on any atom is -0.507 e. The van der Waals surface area contributed by atoms with Gasteiger partial charge in [0.15, 0.2) is 5.78 Å². The Morgan fingerprint density at radius 2 is 1.47 bits per heavy atom. The van der Waals surface area contributed by atoms with Crippen LogP contribution in [0.5, 0.6) is 5.75 Å². The van der Waals surface area contributed by atoms with E-state index in [0.29, 0.717) is 44.8 Å². The lowest BCUT2D eigenvalue weighted by Gasteiger charge is -2.53. The van der Waals surface area contributed by atoms with Crippen molar-refractivity contribution in [3.63, 3.8) is 0 Å². The molecule has 3 aliphatic heterocycles. The molecule has 0 unspecified atom stereocenters. The third-order valence-corrected chi connectivity index (χ3v) is 13.8. The number of benzene rings is 1. The number of carbonyl (C=O) groups is 3. The third kappa shape index (κ3) is 6.33. The summed E-state index contributed by atoms with van der Waals surface area (Å²) >= 11 is 0. The molecule has 0 bridgehead atoms. The van der Waals surface area contributed by atoms with E-state index in [1.807, 2.05) is 0 Å². The smallest absolute Gasteiger partial charge is 0.336 e. The van der Waals surface area contributed by atoms with Crippen LogP contribution in [0.1, 0.15) is 87.3 Å². The molecule has 2 aromatic rings. The van der Waals surface area contributed by atoms with Crippen LogP contribution in [0.25, 0.3) is 5.57 Å². The van der Waals surface area contributed by atoms with Crippen molar-refractivity contribution in [2.45, 2.75) is 82.7 Å². The zero-order valence-corrected chi connectivity index (χ0v) is 30.7. The number of fused-ring (bicyclic) bond motifs is 5. The molecule has 0 spiro atoms. The SMILES string of the molecule is C[C@]12CC[C@@H]3c4cc(C(=CC(=O)O)C(=O)O)c(O)cc4CC[C@H]3[C@@H]1CC[C@]2(O)C(=O)CN1CCN(c2cc(N3CCCC3)nc(N3CCCC3)n2)CC1. The van der Waals surface area contributed by atoms with Crippen LogP contribution >= 0.6 is 0 Å². The number of carbonyl (C=O) groups excluding carboxylic acids is 1. The highest BCUT2D eigenvalue weighted by atomic mass is 16.4. The molecule has 3 aliphatic carbocycles. The van der Waals surface area contributed by atoms with Crippen molar-refractivity contribution < 1.29 is 34.8 Å². The number of aliphatic hydroxyl groups is 1. The predicted molar refractivity (Wildman–Crippen MR) is 200 cm³/mol. The van der Waals surface area contributed by atoms with Gasteiger partial charge in [0.05, 0.1) is 12.1 Å². The number of aromatic hydroxyl groups is 1. The Morgan fingerprint density at radius 3 is 2.11 bits per heavy atom. The second-order valence-corrected chi connectivity index (χ2v) is 16.5. The van der Waals surface area contributed by atoms with Crippen molar-refractivity contribution in [2.75, 3.05) is 73.6 Å². The molecule has 2 saturated carbocycles. The van der Waals surface area contributed by atoms with E-state index in [9.17, 15) is 34.8 Å². The number of carboxylic acid groups (broad SMARTS) is 2. The summed E-state index contributed by atoms with van der Waals surface area (Å²) in [5.74, 6) is -0.0140. The Bertz CT molecular complexity index is 1780. The summed E-state index contributed by atoms with van der Waals surface area (Å²) in [5, 5.41) is 42.2. The van der Waals surface area contributed by atoms with Crippen molar-refractivity contribution in [3.05, 3.63) is 41.0 Å². The maximum atomic E-state index is 14.2. The third-order valence-electron chi connectivity index (χ3n) is 13.8. The van der Waals surface area contributed by atoms with Crippen LogP contribution < -0.4 is 14.7 Å². The van der Waals surface area contributed by atoms with Gasteiger partial charge in [-0.05, 0) is 105 Å². The Hall–Kier alpha value is -4.23. The molecule has 0 radical (unpaired) electrons. The lowest BCUT2D eigenvalue weighted by molar-refractivity contribution is -0.158. The number of phenols is 1. The normalized spacial score (nSPS) is 30.3. The molecule has 3 saturated heterocycles. The van der Waals surface area contributed by atoms with Crippen molar-refractivity contribution >= 4 is 40.9 Å². The average Bonchev–Trinajstić information content (AvgIpc) is 3.93.